The van der Waals surface area contributed by atoms with Gasteiger partial charge in [-0.05, 0) is 36.5 Å². The molecule has 1 N–H and O–H groups in total. The van der Waals surface area contributed by atoms with E-state index in [0.717, 1.165) is 38.8 Å². The Morgan fingerprint density at radius 2 is 1.79 bits per heavy atom. The van der Waals surface area contributed by atoms with Crippen molar-refractivity contribution in [1.82, 2.24) is 24.9 Å². The van der Waals surface area contributed by atoms with Crippen molar-refractivity contribution in [3.63, 3.8) is 0 Å². The molecule has 0 spiro atoms. The van der Waals surface area contributed by atoms with Gasteiger partial charge in [0.25, 0.3) is 0 Å². The van der Waals surface area contributed by atoms with Gasteiger partial charge in [0.15, 0.2) is 0 Å². The van der Waals surface area contributed by atoms with Gasteiger partial charge in [-0.25, -0.2) is 0 Å². The monoisotopic (exact) mass is 423 g/mol. The number of likely N-dealkylation sites (tertiary alicyclic amines) is 1. The Balaban J connectivity index is 0.00000112. The minimum absolute atomic E-state index is 0. The molecule has 154 valence electrons. The molecule has 0 radical (unpaired) electrons. The normalized spacial score (nSPS) is 20.6. The summed E-state index contributed by atoms with van der Waals surface area (Å²) >= 11 is 0. The fourth-order valence-electron chi connectivity index (χ4n) is 4.83. The maximum atomic E-state index is 4.80. The Labute approximate surface area is 180 Å². The van der Waals surface area contributed by atoms with Gasteiger partial charge in [0.1, 0.15) is 0 Å². The first-order valence-corrected chi connectivity index (χ1v) is 10.1. The van der Waals surface area contributed by atoms with Crippen LogP contribution in [0.1, 0.15) is 35.4 Å². The molecule has 28 heavy (non-hydrogen) atoms. The number of rotatable bonds is 3. The predicted octanol–water partition coefficient (Wildman–Crippen LogP) is 2.85. The molecule has 5 nitrogen and oxygen atoms in total. The van der Waals surface area contributed by atoms with Crippen LogP contribution in [0.4, 0.5) is 0 Å². The first kappa shape index (κ1) is 21.6. The van der Waals surface area contributed by atoms with E-state index < -0.39 is 0 Å². The van der Waals surface area contributed by atoms with Gasteiger partial charge in [0, 0.05) is 51.9 Å². The number of fused-ring (bicyclic) bond motifs is 2. The topological polar surface area (TPSA) is 36.3 Å². The Kier molecular flexibility index (Phi) is 7.40. The summed E-state index contributed by atoms with van der Waals surface area (Å²) in [5.41, 5.74) is 5.68. The van der Waals surface area contributed by atoms with Crippen LogP contribution in [0.5, 0.6) is 0 Å². The summed E-state index contributed by atoms with van der Waals surface area (Å²) in [5.74, 6) is 0. The van der Waals surface area contributed by atoms with Crippen LogP contribution in [-0.4, -0.2) is 51.8 Å². The first-order chi connectivity index (χ1) is 12.8. The van der Waals surface area contributed by atoms with E-state index in [1.54, 1.807) is 11.1 Å². The predicted molar refractivity (Wildman–Crippen MR) is 117 cm³/mol. The van der Waals surface area contributed by atoms with Gasteiger partial charge >= 0.3 is 0 Å². The zero-order valence-corrected chi connectivity index (χ0v) is 18.0. The highest BCUT2D eigenvalue weighted by atomic mass is 35.5. The molecule has 5 rings (SSSR count). The maximum absolute atomic E-state index is 4.80. The lowest BCUT2D eigenvalue weighted by Crippen LogP contribution is -2.46. The van der Waals surface area contributed by atoms with E-state index in [1.165, 1.54) is 50.3 Å². The number of nitrogens with zero attached hydrogens (tertiary/aromatic N) is 4. The van der Waals surface area contributed by atoms with E-state index in [0.29, 0.717) is 0 Å². The highest BCUT2D eigenvalue weighted by Crippen LogP contribution is 2.25. The van der Waals surface area contributed by atoms with Gasteiger partial charge in [-0.1, -0.05) is 24.3 Å². The van der Waals surface area contributed by atoms with Crippen LogP contribution in [0.15, 0.2) is 30.3 Å². The number of hydrogen-bond acceptors (Lipinski definition) is 4. The Morgan fingerprint density at radius 1 is 1.00 bits per heavy atom. The second kappa shape index (κ2) is 9.59. The van der Waals surface area contributed by atoms with Crippen molar-refractivity contribution in [2.24, 2.45) is 0 Å². The first-order valence-electron chi connectivity index (χ1n) is 10.1. The summed E-state index contributed by atoms with van der Waals surface area (Å²) in [7, 11) is 0. The van der Waals surface area contributed by atoms with Crippen LogP contribution < -0.4 is 5.32 Å². The van der Waals surface area contributed by atoms with E-state index in [1.807, 2.05) is 0 Å². The standard InChI is InChI=1S/C21H29N5.2ClH/c1-2-4-18-15-25(11-5-17(18)3-1)20-6-9-24(10-7-20)16-19-13-21-14-22-8-12-26(21)23-19;;/h1-4,13,20,22H,5-12,14-16H2;2*1H. The van der Waals surface area contributed by atoms with Crippen LogP contribution >= 0.6 is 24.8 Å². The second-order valence-corrected chi connectivity index (χ2v) is 8.02. The minimum Gasteiger partial charge on any atom is -0.309 e. The highest BCUT2D eigenvalue weighted by molar-refractivity contribution is 5.85. The van der Waals surface area contributed by atoms with Crippen LogP contribution in [0.2, 0.25) is 0 Å². The van der Waals surface area contributed by atoms with Crippen LogP contribution in [0.25, 0.3) is 0 Å². The highest BCUT2D eigenvalue weighted by Gasteiger charge is 2.27. The van der Waals surface area contributed by atoms with E-state index >= 15 is 0 Å². The van der Waals surface area contributed by atoms with Gasteiger partial charge in [-0.15, -0.1) is 24.8 Å². The summed E-state index contributed by atoms with van der Waals surface area (Å²) in [4.78, 5) is 5.32. The van der Waals surface area contributed by atoms with Crippen molar-refractivity contribution in [3.8, 4) is 0 Å². The largest absolute Gasteiger partial charge is 0.309 e. The quantitative estimate of drug-likeness (QED) is 0.822. The number of hydrogen-bond donors (Lipinski definition) is 1. The molecular weight excluding hydrogens is 393 g/mol. The summed E-state index contributed by atoms with van der Waals surface area (Å²) in [6, 6.07) is 12.0. The molecule has 7 heteroatoms. The van der Waals surface area contributed by atoms with Gasteiger partial charge in [-0.2, -0.15) is 5.10 Å². The van der Waals surface area contributed by atoms with Crippen LogP contribution in [0, 0.1) is 0 Å². The average molecular weight is 424 g/mol. The third-order valence-corrected chi connectivity index (χ3v) is 6.34. The molecule has 0 aliphatic carbocycles. The Hall–Kier alpha value is -1.11. The van der Waals surface area contributed by atoms with Gasteiger partial charge in [0.2, 0.25) is 0 Å². The summed E-state index contributed by atoms with van der Waals surface area (Å²) in [5, 5.41) is 8.23. The third-order valence-electron chi connectivity index (χ3n) is 6.34. The van der Waals surface area contributed by atoms with Crippen LogP contribution in [0.3, 0.4) is 0 Å². The van der Waals surface area contributed by atoms with Gasteiger partial charge in [0.05, 0.1) is 17.9 Å². The molecule has 1 fully saturated rings. The number of halogens is 2. The van der Waals surface area contributed by atoms with Crippen molar-refractivity contribution in [3.05, 3.63) is 52.8 Å². The van der Waals surface area contributed by atoms with E-state index in [2.05, 4.69) is 50.1 Å². The fourth-order valence-corrected chi connectivity index (χ4v) is 4.83. The molecule has 0 atom stereocenters. The molecule has 3 aliphatic rings. The molecule has 1 aromatic carbocycles. The molecule has 3 aliphatic heterocycles. The fraction of sp³-hybridized carbons (Fsp3) is 0.571. The minimum atomic E-state index is 0. The lowest BCUT2D eigenvalue weighted by Gasteiger charge is -2.40. The van der Waals surface area contributed by atoms with E-state index in [4.69, 9.17) is 5.10 Å². The molecule has 1 saturated heterocycles. The zero-order valence-electron chi connectivity index (χ0n) is 16.3. The molecule has 0 unspecified atom stereocenters. The summed E-state index contributed by atoms with van der Waals surface area (Å²) in [6.07, 6.45) is 3.79. The maximum Gasteiger partial charge on any atom is 0.0768 e. The molecular formula is C21H31Cl2N5. The Morgan fingerprint density at radius 3 is 2.57 bits per heavy atom. The van der Waals surface area contributed by atoms with Crippen molar-refractivity contribution in [2.45, 2.75) is 51.5 Å². The molecule has 4 heterocycles. The number of nitrogens with one attached hydrogen (secondary N) is 1. The van der Waals surface area contributed by atoms with Crippen molar-refractivity contribution in [2.75, 3.05) is 26.2 Å². The number of piperidine rings is 1. The lowest BCUT2D eigenvalue weighted by atomic mass is 9.95. The van der Waals surface area contributed by atoms with Gasteiger partial charge < -0.3 is 5.32 Å². The molecule has 0 bridgehead atoms. The summed E-state index contributed by atoms with van der Waals surface area (Å²) in [6.45, 7) is 8.78. The van der Waals surface area contributed by atoms with Crippen molar-refractivity contribution in [1.29, 1.82) is 0 Å². The molecule has 2 aromatic rings. The lowest BCUT2D eigenvalue weighted by molar-refractivity contribution is 0.0942. The second-order valence-electron chi connectivity index (χ2n) is 8.02. The van der Waals surface area contributed by atoms with Crippen LogP contribution in [-0.2, 0) is 32.6 Å². The molecule has 0 amide bonds. The van der Waals surface area contributed by atoms with E-state index in [9.17, 15) is 0 Å². The zero-order chi connectivity index (χ0) is 17.3. The smallest absolute Gasteiger partial charge is 0.0768 e. The third kappa shape index (κ3) is 4.55. The Bertz CT molecular complexity index is 746. The van der Waals surface area contributed by atoms with E-state index in [-0.39, 0.29) is 24.8 Å². The van der Waals surface area contributed by atoms with Crippen molar-refractivity contribution >= 4 is 24.8 Å². The SMILES string of the molecule is Cl.Cl.c1ccc2c(c1)CCN(C1CCN(Cc3cc4n(n3)CCNC4)CC1)C2. The number of aromatic nitrogens is 2. The molecule has 0 saturated carbocycles. The number of benzene rings is 1. The van der Waals surface area contributed by atoms with Crippen molar-refractivity contribution < 1.29 is 0 Å². The van der Waals surface area contributed by atoms with Gasteiger partial charge in [-0.3, -0.25) is 14.5 Å². The summed E-state index contributed by atoms with van der Waals surface area (Å²) < 4.78 is 2.18. The average Bonchev–Trinajstić information content (AvgIpc) is 3.10. The molecule has 1 aromatic heterocycles.